The number of thiol groups is 1. The summed E-state index contributed by atoms with van der Waals surface area (Å²) >= 11 is 0. The van der Waals surface area contributed by atoms with Gasteiger partial charge in [0, 0.05) is 24.1 Å². The van der Waals surface area contributed by atoms with E-state index in [2.05, 4.69) is 0 Å². The fourth-order valence-electron chi connectivity index (χ4n) is 2.75. The molecule has 22 heavy (non-hydrogen) atoms. The lowest BCUT2D eigenvalue weighted by Gasteiger charge is -2.30. The summed E-state index contributed by atoms with van der Waals surface area (Å²) < 4.78 is 21.3. The number of rotatable bonds is 3. The van der Waals surface area contributed by atoms with Gasteiger partial charge in [0.1, 0.15) is 0 Å². The molecule has 1 aliphatic heterocycles. The van der Waals surface area contributed by atoms with Crippen molar-refractivity contribution in [2.45, 2.75) is 32.8 Å². The monoisotopic (exact) mass is 323 g/mol. The third kappa shape index (κ3) is 3.96. The lowest BCUT2D eigenvalue weighted by molar-refractivity contribution is 0.0546. The first kappa shape index (κ1) is 16.7. The number of piperidine rings is 1. The van der Waals surface area contributed by atoms with Gasteiger partial charge in [0.25, 0.3) is 5.91 Å². The Morgan fingerprint density at radius 3 is 2.27 bits per heavy atom. The number of amides is 1. The second-order valence-corrected chi connectivity index (χ2v) is 6.52. The average Bonchev–Trinajstić information content (AvgIpc) is 2.46. The van der Waals surface area contributed by atoms with E-state index in [1.165, 1.54) is 0 Å². The quantitative estimate of drug-likeness (QED) is 0.826. The van der Waals surface area contributed by atoms with Gasteiger partial charge in [-0.15, -0.1) is 0 Å². The van der Waals surface area contributed by atoms with E-state index in [1.807, 2.05) is 13.8 Å². The lowest BCUT2D eigenvalue weighted by Crippen LogP contribution is -2.40. The van der Waals surface area contributed by atoms with Gasteiger partial charge in [0.05, 0.1) is 6.10 Å². The minimum Gasteiger partial charge on any atom is -0.393 e. The maximum absolute atomic E-state index is 12.5. The topological polar surface area (TPSA) is 74.7 Å². The minimum absolute atomic E-state index is 0.0384. The summed E-state index contributed by atoms with van der Waals surface area (Å²) in [6, 6.07) is 3.58. The molecular formula is C16H21NO4S. The van der Waals surface area contributed by atoms with E-state index < -0.39 is 10.7 Å². The smallest absolute Gasteiger partial charge is 0.253 e. The molecule has 0 atom stereocenters. The molecule has 0 saturated carbocycles. The van der Waals surface area contributed by atoms with Crippen LogP contribution in [0.15, 0.2) is 17.5 Å². The number of hydrogen-bond acceptors (Lipinski definition) is 4. The molecule has 1 N–H and O–H groups in total. The number of aliphatic hydroxyl groups is 1. The molecule has 1 amide bonds. The number of likely N-dealkylation sites (tertiary alicyclic amines) is 1. The van der Waals surface area contributed by atoms with Crippen molar-refractivity contribution in [2.24, 2.45) is 0 Å². The maximum Gasteiger partial charge on any atom is 0.253 e. The number of benzene rings is 1. The Morgan fingerprint density at radius 1 is 1.23 bits per heavy atom. The van der Waals surface area contributed by atoms with Crippen molar-refractivity contribution in [1.29, 1.82) is 0 Å². The van der Waals surface area contributed by atoms with Gasteiger partial charge < -0.3 is 10.0 Å². The van der Waals surface area contributed by atoms with E-state index >= 15 is 0 Å². The zero-order chi connectivity index (χ0) is 16.3. The van der Waals surface area contributed by atoms with Crippen molar-refractivity contribution < 1.29 is 18.3 Å². The molecule has 1 aliphatic rings. The van der Waals surface area contributed by atoms with Gasteiger partial charge in [-0.2, -0.15) is 0 Å². The van der Waals surface area contributed by atoms with Gasteiger partial charge in [-0.3, -0.25) is 4.79 Å². The molecule has 5 nitrogen and oxygen atoms in total. The van der Waals surface area contributed by atoms with E-state index in [-0.39, 0.29) is 12.0 Å². The molecule has 2 rings (SSSR count). The standard InChI is InChI=1S/C16H21NO4S/c1-11-9-13(10-12(2)15(11)5-8-22(20)21)16(19)17-6-3-14(18)4-7-17/h5,8-10,14,18,22H,3-4,6-7H2,1-2H3/b8-5+. The van der Waals surface area contributed by atoms with Crippen molar-refractivity contribution in [3.05, 3.63) is 39.8 Å². The first-order chi connectivity index (χ1) is 10.4. The molecular weight excluding hydrogens is 302 g/mol. The van der Waals surface area contributed by atoms with Gasteiger partial charge in [0.15, 0.2) is 10.7 Å². The number of hydrogen-bond donors (Lipinski definition) is 2. The van der Waals surface area contributed by atoms with Crippen molar-refractivity contribution in [2.75, 3.05) is 13.1 Å². The highest BCUT2D eigenvalue weighted by Gasteiger charge is 2.22. The highest BCUT2D eigenvalue weighted by atomic mass is 32.2. The molecule has 1 saturated heterocycles. The van der Waals surface area contributed by atoms with Gasteiger partial charge in [-0.05, 0) is 61.6 Å². The van der Waals surface area contributed by atoms with Crippen LogP contribution in [0.3, 0.4) is 0 Å². The van der Waals surface area contributed by atoms with Crippen LogP contribution < -0.4 is 0 Å². The summed E-state index contributed by atoms with van der Waals surface area (Å²) in [6.45, 7) is 4.86. The largest absolute Gasteiger partial charge is 0.393 e. The Labute approximate surface area is 132 Å². The lowest BCUT2D eigenvalue weighted by atomic mass is 9.98. The molecule has 0 radical (unpaired) electrons. The first-order valence-electron chi connectivity index (χ1n) is 7.28. The first-order valence-corrected chi connectivity index (χ1v) is 8.53. The van der Waals surface area contributed by atoms with Crippen molar-refractivity contribution in [3.63, 3.8) is 0 Å². The third-order valence-electron chi connectivity index (χ3n) is 3.96. The number of carbonyl (C=O) groups is 1. The van der Waals surface area contributed by atoms with Crippen molar-refractivity contribution in [1.82, 2.24) is 4.90 Å². The van der Waals surface area contributed by atoms with Crippen LogP contribution in [0, 0.1) is 13.8 Å². The third-order valence-corrected chi connectivity index (χ3v) is 4.35. The van der Waals surface area contributed by atoms with E-state index in [1.54, 1.807) is 23.1 Å². The Bertz CT molecular complexity index is 640. The summed E-state index contributed by atoms with van der Waals surface area (Å²) in [4.78, 5) is 14.3. The Balaban J connectivity index is 2.24. The van der Waals surface area contributed by atoms with Gasteiger partial charge in [0.2, 0.25) is 0 Å². The van der Waals surface area contributed by atoms with Crippen molar-refractivity contribution >= 4 is 22.7 Å². The fourth-order valence-corrected chi connectivity index (χ4v) is 3.02. The molecule has 1 aromatic rings. The SMILES string of the molecule is Cc1cc(C(=O)N2CCC(O)CC2)cc(C)c1/C=C/[SH](=O)=O. The molecule has 120 valence electrons. The molecule has 0 spiro atoms. The number of aryl methyl sites for hydroxylation is 2. The van der Waals surface area contributed by atoms with Crippen LogP contribution >= 0.6 is 0 Å². The predicted molar refractivity (Wildman–Crippen MR) is 86.4 cm³/mol. The van der Waals surface area contributed by atoms with E-state index in [0.717, 1.165) is 22.1 Å². The second kappa shape index (κ2) is 7.07. The molecule has 1 aromatic carbocycles. The molecule has 0 unspecified atom stereocenters. The van der Waals surface area contributed by atoms with Crippen LogP contribution in [-0.4, -0.2) is 43.5 Å². The zero-order valence-corrected chi connectivity index (χ0v) is 13.7. The van der Waals surface area contributed by atoms with E-state index in [9.17, 15) is 18.3 Å². The molecule has 0 aliphatic carbocycles. The zero-order valence-electron chi connectivity index (χ0n) is 12.8. The second-order valence-electron chi connectivity index (χ2n) is 5.65. The normalized spacial score (nSPS) is 16.6. The number of nitrogens with zero attached hydrogens (tertiary/aromatic N) is 1. The summed E-state index contributed by atoms with van der Waals surface area (Å²) in [5, 5.41) is 10.6. The van der Waals surface area contributed by atoms with E-state index in [4.69, 9.17) is 0 Å². The van der Waals surface area contributed by atoms with Crippen LogP contribution in [0.2, 0.25) is 0 Å². The van der Waals surface area contributed by atoms with Crippen LogP contribution in [0.1, 0.15) is 39.9 Å². The number of aliphatic hydroxyl groups excluding tert-OH is 1. The maximum atomic E-state index is 12.5. The fraction of sp³-hybridized carbons (Fsp3) is 0.438. The highest BCUT2D eigenvalue weighted by Crippen LogP contribution is 2.21. The highest BCUT2D eigenvalue weighted by molar-refractivity contribution is 7.75. The van der Waals surface area contributed by atoms with Crippen LogP contribution in [0.4, 0.5) is 0 Å². The van der Waals surface area contributed by atoms with Crippen LogP contribution in [0.5, 0.6) is 0 Å². The van der Waals surface area contributed by atoms with E-state index in [0.29, 0.717) is 31.5 Å². The summed E-state index contributed by atoms with van der Waals surface area (Å²) in [5.41, 5.74) is 3.17. The molecule has 6 heteroatoms. The Kier molecular flexibility index (Phi) is 5.37. The van der Waals surface area contributed by atoms with Crippen LogP contribution in [0.25, 0.3) is 6.08 Å². The Morgan fingerprint density at radius 2 is 1.77 bits per heavy atom. The summed E-state index contributed by atoms with van der Waals surface area (Å²) in [5.74, 6) is -0.0384. The Hall–Kier alpha value is -1.66. The number of carbonyl (C=O) groups excluding carboxylic acids is 1. The summed E-state index contributed by atoms with van der Waals surface area (Å²) in [7, 11) is -2.56. The van der Waals surface area contributed by atoms with Crippen molar-refractivity contribution in [3.8, 4) is 0 Å². The predicted octanol–water partition coefficient (Wildman–Crippen LogP) is 1.48. The van der Waals surface area contributed by atoms with Gasteiger partial charge in [-0.1, -0.05) is 0 Å². The molecule has 0 aromatic heterocycles. The average molecular weight is 323 g/mol. The molecule has 1 fully saturated rings. The molecule has 1 heterocycles. The molecule has 0 bridgehead atoms. The van der Waals surface area contributed by atoms with Gasteiger partial charge in [-0.25, -0.2) is 8.42 Å². The van der Waals surface area contributed by atoms with Gasteiger partial charge >= 0.3 is 0 Å². The summed E-state index contributed by atoms with van der Waals surface area (Å²) in [6.07, 6.45) is 2.47. The van der Waals surface area contributed by atoms with Crippen LogP contribution in [-0.2, 0) is 10.7 Å². The minimum atomic E-state index is -2.56.